The standard InChI is InChI=1S/C27H28N4O2S/c1-18-5-9-23(29-28-18)20-7-10-24-21(15-20)17-30(26(32)33-27(2,3)4)12-13-31(24)22-8-6-19-11-14-34-25(19)16-22/h5-11,14-16H,12-13,17H2,1-4H3. The second-order valence-electron chi connectivity index (χ2n) is 9.60. The third kappa shape index (κ3) is 4.61. The molecule has 2 aromatic heterocycles. The number of amides is 1. The molecule has 1 aliphatic heterocycles. The topological polar surface area (TPSA) is 58.6 Å². The van der Waals surface area contributed by atoms with Gasteiger partial charge in [-0.25, -0.2) is 4.79 Å². The predicted molar refractivity (Wildman–Crippen MR) is 138 cm³/mol. The number of rotatable bonds is 2. The summed E-state index contributed by atoms with van der Waals surface area (Å²) in [5, 5.41) is 11.9. The van der Waals surface area contributed by atoms with Gasteiger partial charge in [0.15, 0.2) is 0 Å². The lowest BCUT2D eigenvalue weighted by Gasteiger charge is -2.27. The summed E-state index contributed by atoms with van der Waals surface area (Å²) in [7, 11) is 0. The number of nitrogens with zero attached hydrogens (tertiary/aromatic N) is 4. The van der Waals surface area contributed by atoms with Crippen molar-refractivity contribution in [2.45, 2.75) is 39.8 Å². The third-order valence-electron chi connectivity index (χ3n) is 5.82. The van der Waals surface area contributed by atoms with E-state index < -0.39 is 5.60 Å². The normalized spacial score (nSPS) is 14.1. The molecule has 4 aromatic rings. The van der Waals surface area contributed by atoms with Crippen molar-refractivity contribution in [3.63, 3.8) is 0 Å². The number of thiophene rings is 1. The van der Waals surface area contributed by atoms with Crippen LogP contribution in [0.4, 0.5) is 16.2 Å². The Kier molecular flexibility index (Phi) is 5.73. The zero-order chi connectivity index (χ0) is 23.9. The SMILES string of the molecule is Cc1ccc(-c2ccc3c(c2)CN(C(=O)OC(C)(C)C)CCN3c2ccc3ccsc3c2)nn1. The zero-order valence-electron chi connectivity index (χ0n) is 19.9. The van der Waals surface area contributed by atoms with Crippen molar-refractivity contribution in [3.05, 3.63) is 71.2 Å². The van der Waals surface area contributed by atoms with E-state index in [-0.39, 0.29) is 6.09 Å². The average molecular weight is 473 g/mol. The van der Waals surface area contributed by atoms with Gasteiger partial charge >= 0.3 is 6.09 Å². The van der Waals surface area contributed by atoms with Crippen molar-refractivity contribution in [1.82, 2.24) is 15.1 Å². The first-order chi connectivity index (χ1) is 16.3. The van der Waals surface area contributed by atoms with Crippen LogP contribution >= 0.6 is 11.3 Å². The molecule has 0 spiro atoms. The molecule has 5 rings (SSSR count). The van der Waals surface area contributed by atoms with E-state index in [0.717, 1.165) is 33.9 Å². The van der Waals surface area contributed by atoms with Crippen LogP contribution in [0.25, 0.3) is 21.3 Å². The maximum atomic E-state index is 13.0. The van der Waals surface area contributed by atoms with Crippen LogP contribution in [0, 0.1) is 6.92 Å². The Labute approximate surface area is 203 Å². The Morgan fingerprint density at radius 2 is 1.85 bits per heavy atom. The molecule has 0 N–H and O–H groups in total. The number of hydrogen-bond donors (Lipinski definition) is 0. The molecule has 174 valence electrons. The number of carbonyl (C=O) groups excluding carboxylic acids is 1. The number of aromatic nitrogens is 2. The van der Waals surface area contributed by atoms with E-state index in [1.165, 1.54) is 10.1 Å². The number of benzene rings is 2. The number of anilines is 2. The van der Waals surface area contributed by atoms with Gasteiger partial charge in [0.1, 0.15) is 5.60 Å². The van der Waals surface area contributed by atoms with Gasteiger partial charge in [0.05, 0.1) is 17.9 Å². The number of fused-ring (bicyclic) bond motifs is 2. The van der Waals surface area contributed by atoms with E-state index in [0.29, 0.717) is 19.6 Å². The molecule has 3 heterocycles. The van der Waals surface area contributed by atoms with Crippen molar-refractivity contribution >= 4 is 38.9 Å². The number of ether oxygens (including phenoxy) is 1. The summed E-state index contributed by atoms with van der Waals surface area (Å²) >= 11 is 1.74. The van der Waals surface area contributed by atoms with Crippen LogP contribution in [-0.4, -0.2) is 39.9 Å². The van der Waals surface area contributed by atoms with E-state index in [1.807, 2.05) is 39.8 Å². The predicted octanol–water partition coefficient (Wildman–Crippen LogP) is 6.56. The fourth-order valence-corrected chi connectivity index (χ4v) is 5.00. The number of aryl methyl sites for hydroxylation is 1. The van der Waals surface area contributed by atoms with Crippen LogP contribution in [0.5, 0.6) is 0 Å². The molecular weight excluding hydrogens is 444 g/mol. The summed E-state index contributed by atoms with van der Waals surface area (Å²) in [4.78, 5) is 17.1. The molecule has 1 aliphatic rings. The molecule has 0 saturated carbocycles. The van der Waals surface area contributed by atoms with Crippen molar-refractivity contribution < 1.29 is 9.53 Å². The van der Waals surface area contributed by atoms with Gasteiger partial charge in [-0.3, -0.25) is 0 Å². The van der Waals surface area contributed by atoms with Gasteiger partial charge in [0.25, 0.3) is 0 Å². The lowest BCUT2D eigenvalue weighted by atomic mass is 10.0. The second kappa shape index (κ2) is 8.72. The monoisotopic (exact) mass is 472 g/mol. The summed E-state index contributed by atoms with van der Waals surface area (Å²) in [5.74, 6) is 0. The minimum Gasteiger partial charge on any atom is -0.444 e. The highest BCUT2D eigenvalue weighted by Gasteiger charge is 2.28. The first-order valence-corrected chi connectivity index (χ1v) is 12.3. The van der Waals surface area contributed by atoms with Gasteiger partial charge in [-0.05, 0) is 86.5 Å². The van der Waals surface area contributed by atoms with Crippen molar-refractivity contribution in [2.75, 3.05) is 18.0 Å². The maximum Gasteiger partial charge on any atom is 0.410 e. The largest absolute Gasteiger partial charge is 0.444 e. The van der Waals surface area contributed by atoms with E-state index >= 15 is 0 Å². The second-order valence-corrected chi connectivity index (χ2v) is 10.5. The summed E-state index contributed by atoms with van der Waals surface area (Å²) in [5.41, 5.74) is 5.38. The van der Waals surface area contributed by atoms with Crippen molar-refractivity contribution in [1.29, 1.82) is 0 Å². The van der Waals surface area contributed by atoms with Crippen molar-refractivity contribution in [3.8, 4) is 11.3 Å². The molecule has 1 amide bonds. The van der Waals surface area contributed by atoms with Crippen LogP contribution in [-0.2, 0) is 11.3 Å². The molecule has 6 nitrogen and oxygen atoms in total. The quantitative estimate of drug-likeness (QED) is 0.331. The highest BCUT2D eigenvalue weighted by molar-refractivity contribution is 7.17. The zero-order valence-corrected chi connectivity index (χ0v) is 20.7. The van der Waals surface area contributed by atoms with Crippen molar-refractivity contribution in [2.24, 2.45) is 0 Å². The Morgan fingerprint density at radius 1 is 1.00 bits per heavy atom. The smallest absolute Gasteiger partial charge is 0.410 e. The van der Waals surface area contributed by atoms with E-state index in [2.05, 4.69) is 62.9 Å². The minimum absolute atomic E-state index is 0.297. The Hall–Kier alpha value is -3.45. The molecule has 0 saturated heterocycles. The molecule has 0 atom stereocenters. The van der Waals surface area contributed by atoms with E-state index in [4.69, 9.17) is 4.74 Å². The summed E-state index contributed by atoms with van der Waals surface area (Å²) in [6.45, 7) is 9.32. The van der Waals surface area contributed by atoms with Gasteiger partial charge in [0.2, 0.25) is 0 Å². The molecule has 0 radical (unpaired) electrons. The van der Waals surface area contributed by atoms with Gasteiger partial charge in [-0.2, -0.15) is 10.2 Å². The summed E-state index contributed by atoms with van der Waals surface area (Å²) in [6.07, 6.45) is -0.297. The Morgan fingerprint density at radius 3 is 2.62 bits per heavy atom. The number of carbonyl (C=O) groups is 1. The molecule has 0 bridgehead atoms. The molecular formula is C27H28N4O2S. The fourth-order valence-electron chi connectivity index (χ4n) is 4.18. The van der Waals surface area contributed by atoms with Crippen LogP contribution in [0.15, 0.2) is 60.0 Å². The average Bonchev–Trinajstić information content (AvgIpc) is 3.17. The van der Waals surface area contributed by atoms with Crippen LogP contribution in [0.2, 0.25) is 0 Å². The highest BCUT2D eigenvalue weighted by atomic mass is 32.1. The number of hydrogen-bond acceptors (Lipinski definition) is 6. The first kappa shape index (κ1) is 22.3. The van der Waals surface area contributed by atoms with Crippen LogP contribution in [0.1, 0.15) is 32.0 Å². The van der Waals surface area contributed by atoms with Crippen LogP contribution in [0.3, 0.4) is 0 Å². The summed E-state index contributed by atoms with van der Waals surface area (Å²) < 4.78 is 6.96. The van der Waals surface area contributed by atoms with Gasteiger partial charge in [-0.1, -0.05) is 12.1 Å². The van der Waals surface area contributed by atoms with Gasteiger partial charge in [-0.15, -0.1) is 11.3 Å². The molecule has 34 heavy (non-hydrogen) atoms. The van der Waals surface area contributed by atoms with Gasteiger partial charge < -0.3 is 14.5 Å². The lowest BCUT2D eigenvalue weighted by molar-refractivity contribution is 0.0244. The summed E-state index contributed by atoms with van der Waals surface area (Å²) in [6, 6.07) is 19.0. The van der Waals surface area contributed by atoms with Gasteiger partial charge in [0, 0.05) is 34.7 Å². The molecule has 0 aliphatic carbocycles. The van der Waals surface area contributed by atoms with Crippen LogP contribution < -0.4 is 4.90 Å². The first-order valence-electron chi connectivity index (χ1n) is 11.4. The van der Waals surface area contributed by atoms with E-state index in [9.17, 15) is 4.79 Å². The molecule has 0 unspecified atom stereocenters. The Bertz CT molecular complexity index is 1340. The lowest BCUT2D eigenvalue weighted by Crippen LogP contribution is -2.38. The molecule has 0 fully saturated rings. The minimum atomic E-state index is -0.546. The third-order valence-corrected chi connectivity index (χ3v) is 6.70. The van der Waals surface area contributed by atoms with E-state index in [1.54, 1.807) is 16.2 Å². The molecule has 7 heteroatoms. The molecule has 2 aromatic carbocycles. The highest BCUT2D eigenvalue weighted by Crippen LogP contribution is 2.36. The Balaban J connectivity index is 1.56. The fraction of sp³-hybridized carbons (Fsp3) is 0.296. The maximum absolute atomic E-state index is 13.0.